The fourth-order valence-electron chi connectivity index (χ4n) is 7.52. The molecular weight excluding hydrogens is 599 g/mol. The van der Waals surface area contributed by atoms with E-state index in [1.165, 1.54) is 85.8 Å². The van der Waals surface area contributed by atoms with Gasteiger partial charge >= 0.3 is 0 Å². The Morgan fingerprint density at radius 2 is 0.917 bits per heavy atom. The van der Waals surface area contributed by atoms with E-state index in [0.29, 0.717) is 0 Å². The molecule has 10 aromatic rings. The number of hydrogen-bond acceptors (Lipinski definition) is 2. The van der Waals surface area contributed by atoms with Gasteiger partial charge in [0.2, 0.25) is 0 Å². The quantitative estimate of drug-likeness (QED) is 0.176. The Morgan fingerprint density at radius 3 is 1.73 bits per heavy atom. The molecule has 0 unspecified atom stereocenters. The molecule has 224 valence electrons. The molecule has 9 aromatic carbocycles. The van der Waals surface area contributed by atoms with Gasteiger partial charge in [-0.2, -0.15) is 0 Å². The summed E-state index contributed by atoms with van der Waals surface area (Å²) in [4.78, 5) is 2.48. The van der Waals surface area contributed by atoms with Crippen LogP contribution in [0.3, 0.4) is 0 Å². The van der Waals surface area contributed by atoms with E-state index in [1.54, 1.807) is 0 Å². The van der Waals surface area contributed by atoms with E-state index in [0.717, 1.165) is 5.69 Å². The lowest BCUT2D eigenvalue weighted by Crippen LogP contribution is -2.10. The van der Waals surface area contributed by atoms with Crippen molar-refractivity contribution in [3.05, 3.63) is 176 Å². The molecule has 2 heteroatoms. The molecule has 0 bridgehead atoms. The van der Waals surface area contributed by atoms with Crippen molar-refractivity contribution in [1.82, 2.24) is 0 Å². The molecule has 0 aliphatic rings. The number of thiophene rings is 1. The van der Waals surface area contributed by atoms with Crippen molar-refractivity contribution in [2.24, 2.45) is 0 Å². The lowest BCUT2D eigenvalue weighted by Gasteiger charge is -2.28. The van der Waals surface area contributed by atoms with Crippen LogP contribution >= 0.6 is 11.3 Å². The van der Waals surface area contributed by atoms with Gasteiger partial charge < -0.3 is 4.90 Å². The molecule has 0 N–H and O–H groups in total. The number of fused-ring (bicyclic) bond motifs is 9. The monoisotopic (exact) mass is 627 g/mol. The van der Waals surface area contributed by atoms with Gasteiger partial charge in [-0.1, -0.05) is 140 Å². The summed E-state index contributed by atoms with van der Waals surface area (Å²) in [5.41, 5.74) is 5.94. The minimum atomic E-state index is 1.13. The van der Waals surface area contributed by atoms with Crippen LogP contribution in [0.25, 0.3) is 74.4 Å². The smallest absolute Gasteiger partial charge is 0.0640 e. The third-order valence-electron chi connectivity index (χ3n) is 9.82. The van der Waals surface area contributed by atoms with Crippen molar-refractivity contribution < 1.29 is 0 Å². The maximum atomic E-state index is 2.48. The number of anilines is 3. The van der Waals surface area contributed by atoms with Crippen LogP contribution in [0.2, 0.25) is 0 Å². The predicted molar refractivity (Wildman–Crippen MR) is 209 cm³/mol. The summed E-state index contributed by atoms with van der Waals surface area (Å²) < 4.78 is 2.60. The Kier molecular flexibility index (Phi) is 6.12. The highest BCUT2D eigenvalue weighted by atomic mass is 32.1. The molecule has 0 saturated heterocycles. The summed E-state index contributed by atoms with van der Waals surface area (Å²) in [6, 6.07) is 64.6. The van der Waals surface area contributed by atoms with Gasteiger partial charge in [-0.3, -0.25) is 0 Å². The van der Waals surface area contributed by atoms with Gasteiger partial charge in [0.25, 0.3) is 0 Å². The minimum absolute atomic E-state index is 1.13. The van der Waals surface area contributed by atoms with Crippen LogP contribution in [0.4, 0.5) is 17.1 Å². The van der Waals surface area contributed by atoms with Gasteiger partial charge in [-0.25, -0.2) is 0 Å². The Balaban J connectivity index is 1.20. The van der Waals surface area contributed by atoms with Gasteiger partial charge in [0.15, 0.2) is 0 Å². The van der Waals surface area contributed by atoms with Crippen LogP contribution in [0.5, 0.6) is 0 Å². The third-order valence-corrected chi connectivity index (χ3v) is 11.0. The van der Waals surface area contributed by atoms with Crippen LogP contribution in [0, 0.1) is 0 Å². The summed E-state index contributed by atoms with van der Waals surface area (Å²) >= 11 is 1.88. The Bertz CT molecular complexity index is 2840. The molecule has 0 aliphatic heterocycles. The lowest BCUT2D eigenvalue weighted by atomic mass is 9.96. The largest absolute Gasteiger partial charge is 0.308 e. The molecule has 0 radical (unpaired) electrons. The standard InChI is InChI=1S/C46H29NS/c1-3-12-36-31(10-1)20-21-32-22-23-33(28-42(32)36)30-24-26-35(27-25-30)47(43-18-9-17-41-40-16-7-8-19-45(40)48-46(41)43)44-29-34-11-2-4-13-37(34)38-14-5-6-15-39(38)44/h1-29H. The molecule has 0 saturated carbocycles. The first-order valence-corrected chi connectivity index (χ1v) is 17.2. The van der Waals surface area contributed by atoms with E-state index >= 15 is 0 Å². The van der Waals surface area contributed by atoms with E-state index in [-0.39, 0.29) is 0 Å². The fraction of sp³-hybridized carbons (Fsp3) is 0. The molecule has 10 rings (SSSR count). The lowest BCUT2D eigenvalue weighted by molar-refractivity contribution is 1.32. The second-order valence-corrected chi connectivity index (χ2v) is 13.6. The van der Waals surface area contributed by atoms with Gasteiger partial charge in [-0.05, 0) is 85.2 Å². The average Bonchev–Trinajstić information content (AvgIpc) is 3.55. The average molecular weight is 628 g/mol. The van der Waals surface area contributed by atoms with E-state index in [1.807, 2.05) is 11.3 Å². The summed E-state index contributed by atoms with van der Waals surface area (Å²) in [5.74, 6) is 0. The van der Waals surface area contributed by atoms with E-state index in [2.05, 4.69) is 181 Å². The number of benzene rings is 9. The topological polar surface area (TPSA) is 3.24 Å². The first kappa shape index (κ1) is 27.2. The summed E-state index contributed by atoms with van der Waals surface area (Å²) in [6.07, 6.45) is 0. The number of rotatable bonds is 4. The van der Waals surface area contributed by atoms with E-state index < -0.39 is 0 Å². The van der Waals surface area contributed by atoms with Gasteiger partial charge in [0.05, 0.1) is 16.1 Å². The molecule has 48 heavy (non-hydrogen) atoms. The molecule has 0 aliphatic carbocycles. The highest BCUT2D eigenvalue weighted by molar-refractivity contribution is 7.26. The normalized spacial score (nSPS) is 11.8. The van der Waals surface area contributed by atoms with Gasteiger partial charge in [0.1, 0.15) is 0 Å². The second kappa shape index (κ2) is 10.8. The van der Waals surface area contributed by atoms with Crippen LogP contribution in [0.15, 0.2) is 176 Å². The summed E-state index contributed by atoms with van der Waals surface area (Å²) in [7, 11) is 0. The maximum absolute atomic E-state index is 2.48. The van der Waals surface area contributed by atoms with Crippen LogP contribution in [-0.4, -0.2) is 0 Å². The molecule has 0 fully saturated rings. The number of hydrogen-bond donors (Lipinski definition) is 0. The minimum Gasteiger partial charge on any atom is -0.308 e. The van der Waals surface area contributed by atoms with E-state index in [9.17, 15) is 0 Å². The first-order chi connectivity index (χ1) is 23.8. The van der Waals surface area contributed by atoms with Crippen molar-refractivity contribution in [2.75, 3.05) is 4.90 Å². The predicted octanol–water partition coefficient (Wildman–Crippen LogP) is 13.8. The van der Waals surface area contributed by atoms with Gasteiger partial charge in [0, 0.05) is 26.5 Å². The molecular formula is C46H29NS. The highest BCUT2D eigenvalue weighted by Crippen LogP contribution is 2.47. The zero-order chi connectivity index (χ0) is 31.6. The van der Waals surface area contributed by atoms with Crippen LogP contribution in [-0.2, 0) is 0 Å². The zero-order valence-electron chi connectivity index (χ0n) is 26.1. The Labute approximate surface area is 282 Å². The van der Waals surface area contributed by atoms with Crippen LogP contribution < -0.4 is 4.90 Å². The molecule has 0 atom stereocenters. The fourth-order valence-corrected chi connectivity index (χ4v) is 8.73. The van der Waals surface area contributed by atoms with Crippen molar-refractivity contribution in [1.29, 1.82) is 0 Å². The molecule has 1 nitrogen and oxygen atoms in total. The number of nitrogens with zero attached hydrogens (tertiary/aromatic N) is 1. The molecule has 0 spiro atoms. The van der Waals surface area contributed by atoms with Crippen molar-refractivity contribution in [3.63, 3.8) is 0 Å². The van der Waals surface area contributed by atoms with Crippen molar-refractivity contribution in [3.8, 4) is 11.1 Å². The Hall–Kier alpha value is -5.96. The molecule has 0 amide bonds. The first-order valence-electron chi connectivity index (χ1n) is 16.4. The van der Waals surface area contributed by atoms with Crippen molar-refractivity contribution >= 4 is 91.7 Å². The summed E-state index contributed by atoms with van der Waals surface area (Å²) in [6.45, 7) is 0. The third kappa shape index (κ3) is 4.24. The zero-order valence-corrected chi connectivity index (χ0v) is 26.9. The van der Waals surface area contributed by atoms with E-state index in [4.69, 9.17) is 0 Å². The van der Waals surface area contributed by atoms with Crippen molar-refractivity contribution in [2.45, 2.75) is 0 Å². The molecule has 1 aromatic heterocycles. The second-order valence-electron chi connectivity index (χ2n) is 12.5. The summed E-state index contributed by atoms with van der Waals surface area (Å²) in [5, 5.41) is 12.7. The molecule has 1 heterocycles. The SMILES string of the molecule is c1ccc2c(c1)ccc1ccc(-c3ccc(N(c4cc5ccccc5c5ccccc45)c4cccc5c4sc4ccccc45)cc3)cc12. The Morgan fingerprint density at radius 1 is 0.333 bits per heavy atom. The van der Waals surface area contributed by atoms with Crippen LogP contribution in [0.1, 0.15) is 0 Å². The maximum Gasteiger partial charge on any atom is 0.0640 e. The van der Waals surface area contributed by atoms with Gasteiger partial charge in [-0.15, -0.1) is 11.3 Å². The highest BCUT2D eigenvalue weighted by Gasteiger charge is 2.21.